The number of furan rings is 1. The summed E-state index contributed by atoms with van der Waals surface area (Å²) in [4.78, 5) is 0.0938. The third kappa shape index (κ3) is 3.57. The van der Waals surface area contributed by atoms with Crippen molar-refractivity contribution in [1.82, 2.24) is 4.72 Å². The average molecular weight is 302 g/mol. The summed E-state index contributed by atoms with van der Waals surface area (Å²) in [7, 11) is -3.66. The fraction of sp³-hybridized carbons (Fsp3) is 0.167. The molecule has 5 nitrogen and oxygen atoms in total. The number of nitrogens with one attached hydrogen (secondary N) is 1. The Hall–Kier alpha value is -1.34. The molecule has 0 bridgehead atoms. The maximum absolute atomic E-state index is 11.9. The van der Waals surface area contributed by atoms with Crippen molar-refractivity contribution in [2.24, 2.45) is 0 Å². The number of aliphatic hydroxyl groups is 1. The van der Waals surface area contributed by atoms with Gasteiger partial charge in [0.1, 0.15) is 0 Å². The third-order valence-electron chi connectivity index (χ3n) is 2.52. The van der Waals surface area contributed by atoms with E-state index in [4.69, 9.17) is 16.0 Å². The third-order valence-corrected chi connectivity index (χ3v) is 4.21. The Morgan fingerprint density at radius 2 is 1.95 bits per heavy atom. The first kappa shape index (κ1) is 14.1. The quantitative estimate of drug-likeness (QED) is 0.884. The molecule has 102 valence electrons. The second-order valence-electron chi connectivity index (χ2n) is 3.88. The molecule has 2 aromatic rings. The molecule has 0 unspecified atom stereocenters. The molecule has 1 aromatic heterocycles. The Balaban J connectivity index is 2.04. The van der Waals surface area contributed by atoms with Crippen LogP contribution >= 0.6 is 11.6 Å². The molecule has 0 radical (unpaired) electrons. The summed E-state index contributed by atoms with van der Waals surface area (Å²) in [6, 6.07) is 7.34. The summed E-state index contributed by atoms with van der Waals surface area (Å²) in [5.74, 6) is 0. The molecule has 0 aliphatic rings. The van der Waals surface area contributed by atoms with Gasteiger partial charge in [0, 0.05) is 17.1 Å². The van der Waals surface area contributed by atoms with Crippen molar-refractivity contribution < 1.29 is 17.9 Å². The minimum atomic E-state index is -3.66. The number of aliphatic hydroxyl groups excluding tert-OH is 1. The highest BCUT2D eigenvalue weighted by atomic mass is 35.5. The summed E-state index contributed by atoms with van der Waals surface area (Å²) in [5, 5.41) is 10.2. The highest BCUT2D eigenvalue weighted by Crippen LogP contribution is 2.16. The molecule has 1 heterocycles. The van der Waals surface area contributed by atoms with E-state index in [1.54, 1.807) is 6.07 Å². The van der Waals surface area contributed by atoms with Crippen LogP contribution in [0, 0.1) is 0 Å². The molecule has 19 heavy (non-hydrogen) atoms. The van der Waals surface area contributed by atoms with E-state index in [1.165, 1.54) is 36.8 Å². The van der Waals surface area contributed by atoms with E-state index in [0.29, 0.717) is 10.6 Å². The number of halogens is 1. The predicted molar refractivity (Wildman–Crippen MR) is 70.3 cm³/mol. The molecule has 2 rings (SSSR count). The van der Waals surface area contributed by atoms with Gasteiger partial charge < -0.3 is 9.52 Å². The summed E-state index contributed by atoms with van der Waals surface area (Å²) in [6.45, 7) is -0.134. The topological polar surface area (TPSA) is 79.5 Å². The van der Waals surface area contributed by atoms with Gasteiger partial charge in [-0.15, -0.1) is 0 Å². The highest BCUT2D eigenvalue weighted by molar-refractivity contribution is 7.89. The summed E-state index contributed by atoms with van der Waals surface area (Å²) in [6.07, 6.45) is 1.81. The maximum Gasteiger partial charge on any atom is 0.240 e. The smallest absolute Gasteiger partial charge is 0.240 e. The van der Waals surface area contributed by atoms with Gasteiger partial charge in [-0.05, 0) is 30.3 Å². The maximum atomic E-state index is 11.9. The standard InChI is InChI=1S/C12H12ClNO4S/c13-10-1-3-11(4-2-10)19(16,17)14-7-12(15)9-5-6-18-8-9/h1-6,8,12,14-15H,7H2/t12-/m1/s1. The number of hydrogen-bond donors (Lipinski definition) is 2. The first-order chi connectivity index (χ1) is 8.99. The van der Waals surface area contributed by atoms with Crippen LogP contribution in [0.1, 0.15) is 11.7 Å². The molecule has 0 spiro atoms. The number of sulfonamides is 1. The normalized spacial score (nSPS) is 13.4. The molecule has 0 saturated heterocycles. The Morgan fingerprint density at radius 3 is 2.53 bits per heavy atom. The van der Waals surface area contributed by atoms with Crippen LogP contribution in [-0.4, -0.2) is 20.1 Å². The fourth-order valence-electron chi connectivity index (χ4n) is 1.47. The van der Waals surface area contributed by atoms with Crippen LogP contribution in [-0.2, 0) is 10.0 Å². The largest absolute Gasteiger partial charge is 0.472 e. The molecule has 0 aliphatic heterocycles. The lowest BCUT2D eigenvalue weighted by atomic mass is 10.2. The minimum Gasteiger partial charge on any atom is -0.472 e. The van der Waals surface area contributed by atoms with Crippen LogP contribution < -0.4 is 4.72 Å². The molecule has 2 N–H and O–H groups in total. The number of rotatable bonds is 5. The van der Waals surface area contributed by atoms with Gasteiger partial charge in [0.2, 0.25) is 10.0 Å². The van der Waals surface area contributed by atoms with Gasteiger partial charge in [0.05, 0.1) is 23.5 Å². The lowest BCUT2D eigenvalue weighted by Gasteiger charge is -2.10. The van der Waals surface area contributed by atoms with Crippen LogP contribution in [0.3, 0.4) is 0 Å². The molecule has 1 atom stereocenters. The van der Waals surface area contributed by atoms with E-state index >= 15 is 0 Å². The Labute approximate surface area is 115 Å². The van der Waals surface area contributed by atoms with Crippen molar-refractivity contribution in [3.8, 4) is 0 Å². The fourth-order valence-corrected chi connectivity index (χ4v) is 2.63. The highest BCUT2D eigenvalue weighted by Gasteiger charge is 2.17. The van der Waals surface area contributed by atoms with E-state index in [2.05, 4.69) is 4.72 Å². The minimum absolute atomic E-state index is 0.0938. The van der Waals surface area contributed by atoms with Gasteiger partial charge in [-0.2, -0.15) is 0 Å². The van der Waals surface area contributed by atoms with Crippen LogP contribution in [0.5, 0.6) is 0 Å². The van der Waals surface area contributed by atoms with Gasteiger partial charge in [-0.25, -0.2) is 13.1 Å². The van der Waals surface area contributed by atoms with Gasteiger partial charge in [-0.3, -0.25) is 0 Å². The van der Waals surface area contributed by atoms with Gasteiger partial charge in [0.25, 0.3) is 0 Å². The first-order valence-electron chi connectivity index (χ1n) is 5.44. The second-order valence-corrected chi connectivity index (χ2v) is 6.08. The number of benzene rings is 1. The van der Waals surface area contributed by atoms with E-state index in [-0.39, 0.29) is 11.4 Å². The zero-order valence-corrected chi connectivity index (χ0v) is 11.4. The first-order valence-corrected chi connectivity index (χ1v) is 7.30. The molecule has 1 aromatic carbocycles. The SMILES string of the molecule is O=S(=O)(NC[C@@H](O)c1ccoc1)c1ccc(Cl)cc1. The van der Waals surface area contributed by atoms with Gasteiger partial charge in [-0.1, -0.05) is 11.6 Å². The second kappa shape index (κ2) is 5.75. The van der Waals surface area contributed by atoms with Crippen molar-refractivity contribution in [3.63, 3.8) is 0 Å². The Kier molecular flexibility index (Phi) is 4.26. The summed E-state index contributed by atoms with van der Waals surface area (Å²) >= 11 is 5.69. The van der Waals surface area contributed by atoms with Crippen molar-refractivity contribution in [1.29, 1.82) is 0 Å². The molecule has 0 fully saturated rings. The summed E-state index contributed by atoms with van der Waals surface area (Å²) < 4.78 is 31.0. The lowest BCUT2D eigenvalue weighted by molar-refractivity contribution is 0.181. The van der Waals surface area contributed by atoms with Crippen molar-refractivity contribution in [2.75, 3.05) is 6.54 Å². The molecular weight excluding hydrogens is 290 g/mol. The molecule has 0 aliphatic carbocycles. The predicted octanol–water partition coefficient (Wildman–Crippen LogP) is 1.94. The van der Waals surface area contributed by atoms with Gasteiger partial charge >= 0.3 is 0 Å². The van der Waals surface area contributed by atoms with Crippen LogP contribution in [0.15, 0.2) is 52.2 Å². The van der Waals surface area contributed by atoms with E-state index in [0.717, 1.165) is 0 Å². The Bertz CT molecular complexity index is 622. The van der Waals surface area contributed by atoms with E-state index in [9.17, 15) is 13.5 Å². The number of hydrogen-bond acceptors (Lipinski definition) is 4. The zero-order valence-electron chi connectivity index (χ0n) is 9.78. The molecule has 0 amide bonds. The van der Waals surface area contributed by atoms with Crippen LogP contribution in [0.2, 0.25) is 5.02 Å². The van der Waals surface area contributed by atoms with E-state index < -0.39 is 16.1 Å². The molecule has 0 saturated carbocycles. The zero-order chi connectivity index (χ0) is 13.9. The van der Waals surface area contributed by atoms with Gasteiger partial charge in [0.15, 0.2) is 0 Å². The molecular formula is C12H12ClNO4S. The monoisotopic (exact) mass is 301 g/mol. The lowest BCUT2D eigenvalue weighted by Crippen LogP contribution is -2.28. The summed E-state index contributed by atoms with van der Waals surface area (Å²) in [5.41, 5.74) is 0.513. The van der Waals surface area contributed by atoms with Crippen LogP contribution in [0.4, 0.5) is 0 Å². The molecule has 7 heteroatoms. The van der Waals surface area contributed by atoms with Crippen molar-refractivity contribution >= 4 is 21.6 Å². The van der Waals surface area contributed by atoms with Crippen molar-refractivity contribution in [2.45, 2.75) is 11.0 Å². The van der Waals surface area contributed by atoms with Crippen molar-refractivity contribution in [3.05, 3.63) is 53.4 Å². The van der Waals surface area contributed by atoms with E-state index in [1.807, 2.05) is 0 Å². The Morgan fingerprint density at radius 1 is 1.26 bits per heavy atom. The van der Waals surface area contributed by atoms with Crippen LogP contribution in [0.25, 0.3) is 0 Å². The average Bonchev–Trinajstić information content (AvgIpc) is 2.90.